The van der Waals surface area contributed by atoms with E-state index < -0.39 is 17.8 Å². The minimum atomic E-state index is -0.815. The molecule has 3 aromatic carbocycles. The van der Waals surface area contributed by atoms with Gasteiger partial charge < -0.3 is 4.74 Å². The van der Waals surface area contributed by atoms with E-state index in [-0.39, 0.29) is 5.57 Å². The summed E-state index contributed by atoms with van der Waals surface area (Å²) in [5, 5.41) is 3.32. The molecule has 166 valence electrons. The predicted octanol–water partition coefficient (Wildman–Crippen LogP) is 5.84. The largest absolute Gasteiger partial charge is 0.488 e. The van der Waals surface area contributed by atoms with Crippen molar-refractivity contribution in [3.63, 3.8) is 0 Å². The van der Waals surface area contributed by atoms with Crippen LogP contribution in [-0.4, -0.2) is 17.8 Å². The maximum absolute atomic E-state index is 13.0. The third kappa shape index (κ3) is 5.38. The van der Waals surface area contributed by atoms with Crippen LogP contribution in [0.25, 0.3) is 6.08 Å². The Morgan fingerprint density at radius 1 is 0.909 bits per heavy atom. The summed E-state index contributed by atoms with van der Waals surface area (Å²) in [6.45, 7) is 0.368. The molecule has 1 aliphatic heterocycles. The molecule has 1 saturated heterocycles. The topological polar surface area (TPSA) is 75.7 Å². The van der Waals surface area contributed by atoms with Gasteiger partial charge in [-0.1, -0.05) is 41.4 Å². The third-order valence-corrected chi connectivity index (χ3v) is 6.11. The lowest BCUT2D eigenvalue weighted by Crippen LogP contribution is -2.54. The lowest BCUT2D eigenvalue weighted by atomic mass is 10.1. The molecule has 4 amide bonds. The number of halogens is 3. The van der Waals surface area contributed by atoms with Crippen LogP contribution in [0.2, 0.25) is 10.0 Å². The monoisotopic (exact) mass is 592 g/mol. The number of benzene rings is 3. The van der Waals surface area contributed by atoms with Gasteiger partial charge in [0, 0.05) is 10.0 Å². The lowest BCUT2D eigenvalue weighted by Gasteiger charge is -2.26. The van der Waals surface area contributed by atoms with E-state index in [1.807, 2.05) is 12.1 Å². The van der Waals surface area contributed by atoms with Crippen LogP contribution in [0.1, 0.15) is 11.1 Å². The second kappa shape index (κ2) is 9.94. The highest BCUT2D eigenvalue weighted by atomic mass is 127. The molecule has 1 N–H and O–H groups in total. The van der Waals surface area contributed by atoms with Gasteiger partial charge in [-0.15, -0.1) is 0 Å². The Labute approximate surface area is 213 Å². The minimum Gasteiger partial charge on any atom is -0.488 e. The van der Waals surface area contributed by atoms with Gasteiger partial charge in [-0.25, -0.2) is 9.69 Å². The van der Waals surface area contributed by atoms with Gasteiger partial charge in [0.25, 0.3) is 11.8 Å². The number of hydrogen-bond donors (Lipinski definition) is 1. The van der Waals surface area contributed by atoms with Crippen molar-refractivity contribution in [3.05, 3.63) is 97.0 Å². The Hall–Kier alpha value is -2.88. The fourth-order valence-electron chi connectivity index (χ4n) is 3.11. The van der Waals surface area contributed by atoms with Crippen LogP contribution in [0.3, 0.4) is 0 Å². The second-order valence-electron chi connectivity index (χ2n) is 7.04. The van der Waals surface area contributed by atoms with Crippen LogP contribution >= 0.6 is 45.8 Å². The maximum Gasteiger partial charge on any atom is 0.335 e. The molecule has 0 bridgehead atoms. The summed E-state index contributed by atoms with van der Waals surface area (Å²) < 4.78 is 6.66. The molecule has 0 saturated carbocycles. The molecule has 0 radical (unpaired) electrons. The van der Waals surface area contributed by atoms with E-state index in [0.717, 1.165) is 14.0 Å². The average Bonchev–Trinajstić information content (AvgIpc) is 2.78. The quantitative estimate of drug-likeness (QED) is 0.229. The summed E-state index contributed by atoms with van der Waals surface area (Å²) in [7, 11) is 0. The van der Waals surface area contributed by atoms with Crippen LogP contribution in [0.15, 0.2) is 72.3 Å². The van der Waals surface area contributed by atoms with Crippen LogP contribution in [0.5, 0.6) is 5.75 Å². The number of carbonyl (C=O) groups excluding carboxylic acids is 3. The summed E-state index contributed by atoms with van der Waals surface area (Å²) in [6, 6.07) is 18.0. The smallest absolute Gasteiger partial charge is 0.335 e. The van der Waals surface area contributed by atoms with Crippen molar-refractivity contribution in [2.45, 2.75) is 6.61 Å². The van der Waals surface area contributed by atoms with Crippen molar-refractivity contribution in [1.82, 2.24) is 5.32 Å². The fourth-order valence-corrected chi connectivity index (χ4v) is 4.06. The van der Waals surface area contributed by atoms with Gasteiger partial charge in [0.2, 0.25) is 0 Å². The first-order chi connectivity index (χ1) is 15.8. The highest BCUT2D eigenvalue weighted by molar-refractivity contribution is 14.1. The Morgan fingerprint density at radius 3 is 2.18 bits per heavy atom. The van der Waals surface area contributed by atoms with E-state index in [1.165, 1.54) is 18.2 Å². The zero-order valence-electron chi connectivity index (χ0n) is 16.8. The number of hydrogen-bond acceptors (Lipinski definition) is 4. The number of nitrogens with one attached hydrogen (secondary N) is 1. The fraction of sp³-hybridized carbons (Fsp3) is 0.0417. The van der Waals surface area contributed by atoms with Crippen molar-refractivity contribution < 1.29 is 19.1 Å². The molecule has 0 aliphatic carbocycles. The van der Waals surface area contributed by atoms with Gasteiger partial charge in [0.1, 0.15) is 17.9 Å². The van der Waals surface area contributed by atoms with Gasteiger partial charge in [-0.2, -0.15) is 0 Å². The molecule has 4 rings (SSSR count). The summed E-state index contributed by atoms with van der Waals surface area (Å²) in [6.07, 6.45) is 1.44. The summed E-state index contributed by atoms with van der Waals surface area (Å²) in [5.41, 5.74) is 1.73. The molecular weight excluding hydrogens is 578 g/mol. The standard InChI is InChI=1S/C24H15Cl2IN2O4/c25-16-4-1-14(2-5-16)13-33-21-10-3-15(12-20(21)27)11-19-22(30)28-24(32)29(23(19)31)18-8-6-17(26)7-9-18/h1-12H,13H2,(H,28,30,32)/b19-11+. The number of rotatable bonds is 5. The zero-order valence-corrected chi connectivity index (χ0v) is 20.5. The van der Waals surface area contributed by atoms with Gasteiger partial charge in [0.15, 0.2) is 0 Å². The van der Waals surface area contributed by atoms with Crippen LogP contribution in [0, 0.1) is 3.57 Å². The second-order valence-corrected chi connectivity index (χ2v) is 9.07. The third-order valence-electron chi connectivity index (χ3n) is 4.76. The van der Waals surface area contributed by atoms with E-state index in [1.54, 1.807) is 42.5 Å². The SMILES string of the molecule is O=C1NC(=O)N(c2ccc(Cl)cc2)C(=O)/C1=C/c1ccc(OCc2ccc(Cl)cc2)c(I)c1. The maximum atomic E-state index is 13.0. The molecule has 0 aromatic heterocycles. The van der Waals surface area contributed by atoms with Crippen molar-refractivity contribution in [3.8, 4) is 5.75 Å². The molecular formula is C24H15Cl2IN2O4. The number of carbonyl (C=O) groups is 3. The summed E-state index contributed by atoms with van der Waals surface area (Å²) in [4.78, 5) is 38.6. The van der Waals surface area contributed by atoms with Crippen LogP contribution in [-0.2, 0) is 16.2 Å². The first kappa shape index (κ1) is 23.3. The van der Waals surface area contributed by atoms with Crippen molar-refractivity contribution in [2.75, 3.05) is 4.90 Å². The number of urea groups is 1. The van der Waals surface area contributed by atoms with E-state index in [2.05, 4.69) is 27.9 Å². The van der Waals surface area contributed by atoms with Gasteiger partial charge in [-0.3, -0.25) is 14.9 Å². The van der Waals surface area contributed by atoms with Crippen molar-refractivity contribution in [2.24, 2.45) is 0 Å². The number of imide groups is 2. The Balaban J connectivity index is 1.55. The number of amides is 4. The molecule has 9 heteroatoms. The average molecular weight is 593 g/mol. The van der Waals surface area contributed by atoms with E-state index in [4.69, 9.17) is 27.9 Å². The number of ether oxygens (including phenoxy) is 1. The molecule has 1 aliphatic rings. The molecule has 0 unspecified atom stereocenters. The van der Waals surface area contributed by atoms with E-state index in [0.29, 0.717) is 33.7 Å². The predicted molar refractivity (Wildman–Crippen MR) is 135 cm³/mol. The van der Waals surface area contributed by atoms with Gasteiger partial charge in [0.05, 0.1) is 9.26 Å². The van der Waals surface area contributed by atoms with Crippen molar-refractivity contribution in [1.29, 1.82) is 0 Å². The first-order valence-electron chi connectivity index (χ1n) is 9.65. The number of barbiturate groups is 1. The Morgan fingerprint density at radius 2 is 1.55 bits per heavy atom. The summed E-state index contributed by atoms with van der Waals surface area (Å²) >= 11 is 13.9. The molecule has 3 aromatic rings. The van der Waals surface area contributed by atoms with Gasteiger partial charge >= 0.3 is 6.03 Å². The molecule has 1 fully saturated rings. The zero-order chi connectivity index (χ0) is 23.5. The van der Waals surface area contributed by atoms with Crippen molar-refractivity contribution >= 4 is 75.4 Å². The molecule has 0 atom stereocenters. The summed E-state index contributed by atoms with van der Waals surface area (Å²) in [5.74, 6) is -0.817. The van der Waals surface area contributed by atoms with Gasteiger partial charge in [-0.05, 0) is 88.3 Å². The van der Waals surface area contributed by atoms with E-state index >= 15 is 0 Å². The normalized spacial score (nSPS) is 15.1. The molecule has 6 nitrogen and oxygen atoms in total. The van der Waals surface area contributed by atoms with E-state index in [9.17, 15) is 14.4 Å². The van der Waals surface area contributed by atoms with Crippen LogP contribution in [0.4, 0.5) is 10.5 Å². The Bertz CT molecular complexity index is 1270. The molecule has 33 heavy (non-hydrogen) atoms. The number of anilines is 1. The highest BCUT2D eigenvalue weighted by Crippen LogP contribution is 2.27. The number of nitrogens with zero attached hydrogens (tertiary/aromatic N) is 1. The lowest BCUT2D eigenvalue weighted by molar-refractivity contribution is -0.122. The Kier molecular flexibility index (Phi) is 7.02. The van der Waals surface area contributed by atoms with Crippen LogP contribution < -0.4 is 15.0 Å². The highest BCUT2D eigenvalue weighted by Gasteiger charge is 2.36. The minimum absolute atomic E-state index is 0.157. The molecule has 1 heterocycles. The first-order valence-corrected chi connectivity index (χ1v) is 11.5. The molecule has 0 spiro atoms.